The molecule has 0 bridgehead atoms. The molecule has 3 aromatic carbocycles. The Morgan fingerprint density at radius 2 is 1.48 bits per heavy atom. The number of nitrogens with one attached hydrogen (secondary N) is 1. The quantitative estimate of drug-likeness (QED) is 0.537. The van der Waals surface area contributed by atoms with Gasteiger partial charge in [-0.05, 0) is 29.8 Å². The summed E-state index contributed by atoms with van der Waals surface area (Å²) in [5, 5.41) is 3.07. The minimum Gasteiger partial charge on any atom is -0.497 e. The van der Waals surface area contributed by atoms with E-state index in [9.17, 15) is 9.59 Å². The molecule has 33 heavy (non-hydrogen) atoms. The average Bonchev–Trinajstić information content (AvgIpc) is 2.90. The second kappa shape index (κ2) is 10.9. The van der Waals surface area contributed by atoms with Gasteiger partial charge in [0.15, 0.2) is 5.78 Å². The molecule has 1 amide bonds. The monoisotopic (exact) mass is 444 g/mol. The molecule has 1 saturated heterocycles. The zero-order valence-electron chi connectivity index (χ0n) is 18.7. The van der Waals surface area contributed by atoms with Crippen LogP contribution in [-0.4, -0.2) is 56.5 Å². The predicted octanol–water partition coefficient (Wildman–Crippen LogP) is 3.73. The topological polar surface area (TPSA) is 67.9 Å². The highest BCUT2D eigenvalue weighted by Crippen LogP contribution is 2.24. The fourth-order valence-electron chi connectivity index (χ4n) is 3.99. The zero-order chi connectivity index (χ0) is 23.0. The molecular formula is C27H28N2O4. The molecule has 6 nitrogen and oxygen atoms in total. The van der Waals surface area contributed by atoms with Crippen molar-refractivity contribution in [1.29, 1.82) is 0 Å². The first-order chi connectivity index (χ1) is 16.2. The van der Waals surface area contributed by atoms with Crippen LogP contribution in [0, 0.1) is 0 Å². The molecule has 1 heterocycles. The van der Waals surface area contributed by atoms with Gasteiger partial charge in [-0.1, -0.05) is 54.6 Å². The third-order valence-corrected chi connectivity index (χ3v) is 5.89. The molecular weight excluding hydrogens is 416 g/mol. The molecule has 0 aliphatic carbocycles. The fraction of sp³-hybridized carbons (Fsp3) is 0.259. The maximum absolute atomic E-state index is 12.9. The van der Waals surface area contributed by atoms with Gasteiger partial charge in [0.25, 0.3) is 5.91 Å². The van der Waals surface area contributed by atoms with E-state index in [0.29, 0.717) is 36.4 Å². The lowest BCUT2D eigenvalue weighted by molar-refractivity contribution is 0.0162. The summed E-state index contributed by atoms with van der Waals surface area (Å²) < 4.78 is 10.8. The van der Waals surface area contributed by atoms with E-state index in [1.54, 1.807) is 43.5 Å². The number of carbonyl (C=O) groups excluding carboxylic acids is 2. The number of morpholine rings is 1. The lowest BCUT2D eigenvalue weighted by atomic mass is 10.0. The number of carbonyl (C=O) groups is 2. The van der Waals surface area contributed by atoms with Crippen LogP contribution in [0.25, 0.3) is 0 Å². The van der Waals surface area contributed by atoms with E-state index in [-0.39, 0.29) is 17.7 Å². The van der Waals surface area contributed by atoms with E-state index in [1.807, 2.05) is 42.5 Å². The molecule has 1 aliphatic heterocycles. The van der Waals surface area contributed by atoms with E-state index >= 15 is 0 Å². The molecule has 6 heteroatoms. The first kappa shape index (κ1) is 22.7. The molecule has 0 spiro atoms. The zero-order valence-corrected chi connectivity index (χ0v) is 18.7. The Labute approximate surface area is 194 Å². The van der Waals surface area contributed by atoms with E-state index < -0.39 is 0 Å². The number of nitrogens with zero attached hydrogens (tertiary/aromatic N) is 1. The molecule has 3 aromatic rings. The van der Waals surface area contributed by atoms with Gasteiger partial charge in [0.1, 0.15) is 5.75 Å². The van der Waals surface area contributed by atoms with Crippen LogP contribution in [0.2, 0.25) is 0 Å². The number of benzene rings is 3. The third kappa shape index (κ3) is 5.66. The molecule has 1 unspecified atom stereocenters. The van der Waals surface area contributed by atoms with Crippen LogP contribution in [0.4, 0.5) is 0 Å². The van der Waals surface area contributed by atoms with Crippen LogP contribution in [0.3, 0.4) is 0 Å². The van der Waals surface area contributed by atoms with Crippen LogP contribution in [0.1, 0.15) is 37.9 Å². The minimum absolute atomic E-state index is 0.0303. The average molecular weight is 445 g/mol. The van der Waals surface area contributed by atoms with Gasteiger partial charge >= 0.3 is 0 Å². The second-order valence-corrected chi connectivity index (χ2v) is 7.92. The highest BCUT2D eigenvalue weighted by molar-refractivity contribution is 6.09. The Bertz CT molecular complexity index is 1060. The summed E-state index contributed by atoms with van der Waals surface area (Å²) in [5.74, 6) is 0.573. The van der Waals surface area contributed by atoms with Crippen molar-refractivity contribution in [3.05, 3.63) is 101 Å². The van der Waals surface area contributed by atoms with Gasteiger partial charge in [-0.25, -0.2) is 0 Å². The van der Waals surface area contributed by atoms with E-state index in [4.69, 9.17) is 9.47 Å². The van der Waals surface area contributed by atoms with Crippen LogP contribution in [0.5, 0.6) is 5.75 Å². The molecule has 0 radical (unpaired) electrons. The number of ether oxygens (including phenoxy) is 2. The molecule has 0 aromatic heterocycles. The van der Waals surface area contributed by atoms with Crippen LogP contribution >= 0.6 is 0 Å². The molecule has 1 fully saturated rings. The van der Waals surface area contributed by atoms with Crippen molar-refractivity contribution >= 4 is 11.7 Å². The number of ketones is 1. The normalized spacial score (nSPS) is 14.9. The number of rotatable bonds is 8. The van der Waals surface area contributed by atoms with Crippen molar-refractivity contribution in [2.24, 2.45) is 0 Å². The summed E-state index contributed by atoms with van der Waals surface area (Å²) in [6, 6.07) is 23.9. The van der Waals surface area contributed by atoms with Gasteiger partial charge in [-0.2, -0.15) is 0 Å². The van der Waals surface area contributed by atoms with Crippen molar-refractivity contribution in [3.8, 4) is 5.75 Å². The van der Waals surface area contributed by atoms with Gasteiger partial charge in [-0.15, -0.1) is 0 Å². The first-order valence-corrected chi connectivity index (χ1v) is 11.1. The third-order valence-electron chi connectivity index (χ3n) is 5.89. The van der Waals surface area contributed by atoms with Crippen molar-refractivity contribution in [2.45, 2.75) is 6.04 Å². The van der Waals surface area contributed by atoms with Crippen LogP contribution in [-0.2, 0) is 4.74 Å². The SMILES string of the molecule is COc1ccc(C(CNC(=O)c2ccc(C(=O)c3ccccc3)cc2)N2CCOCC2)cc1. The van der Waals surface area contributed by atoms with Crippen LogP contribution < -0.4 is 10.1 Å². The van der Waals surface area contributed by atoms with Crippen molar-refractivity contribution in [3.63, 3.8) is 0 Å². The number of hydrogen-bond acceptors (Lipinski definition) is 5. The highest BCUT2D eigenvalue weighted by atomic mass is 16.5. The summed E-state index contributed by atoms with van der Waals surface area (Å²) in [6.45, 7) is 3.44. The summed E-state index contributed by atoms with van der Waals surface area (Å²) in [6.07, 6.45) is 0. The standard InChI is InChI=1S/C27H28N2O4/c1-32-24-13-11-20(12-14-24)25(29-15-17-33-18-16-29)19-28-27(31)23-9-7-22(8-10-23)26(30)21-5-3-2-4-6-21/h2-14,25H,15-19H2,1H3,(H,28,31). The van der Waals surface area contributed by atoms with Gasteiger partial charge in [0.2, 0.25) is 0 Å². The van der Waals surface area contributed by atoms with Gasteiger partial charge in [0, 0.05) is 36.3 Å². The maximum Gasteiger partial charge on any atom is 0.251 e. The highest BCUT2D eigenvalue weighted by Gasteiger charge is 2.23. The molecule has 1 N–H and O–H groups in total. The number of hydrogen-bond donors (Lipinski definition) is 1. The van der Waals surface area contributed by atoms with Gasteiger partial charge in [0.05, 0.1) is 26.4 Å². The van der Waals surface area contributed by atoms with Crippen molar-refractivity contribution in [2.75, 3.05) is 40.0 Å². The van der Waals surface area contributed by atoms with Gasteiger partial charge in [-0.3, -0.25) is 14.5 Å². The Balaban J connectivity index is 1.43. The summed E-state index contributed by atoms with van der Waals surface area (Å²) in [7, 11) is 1.65. The molecule has 1 atom stereocenters. The largest absolute Gasteiger partial charge is 0.497 e. The van der Waals surface area contributed by atoms with E-state index in [1.165, 1.54) is 0 Å². The maximum atomic E-state index is 12.9. The summed E-state index contributed by atoms with van der Waals surface area (Å²) in [5.41, 5.74) is 2.82. The Morgan fingerprint density at radius 1 is 0.879 bits per heavy atom. The molecule has 4 rings (SSSR count). The Kier molecular flexibility index (Phi) is 7.50. The van der Waals surface area contributed by atoms with Crippen LogP contribution in [0.15, 0.2) is 78.9 Å². The van der Waals surface area contributed by atoms with Crippen molar-refractivity contribution in [1.82, 2.24) is 10.2 Å². The minimum atomic E-state index is -0.166. The summed E-state index contributed by atoms with van der Waals surface area (Å²) >= 11 is 0. The smallest absolute Gasteiger partial charge is 0.251 e. The lowest BCUT2D eigenvalue weighted by Gasteiger charge is -2.35. The van der Waals surface area contributed by atoms with Gasteiger partial charge < -0.3 is 14.8 Å². The summed E-state index contributed by atoms with van der Waals surface area (Å²) in [4.78, 5) is 27.8. The number of amides is 1. The lowest BCUT2D eigenvalue weighted by Crippen LogP contribution is -2.43. The first-order valence-electron chi connectivity index (χ1n) is 11.1. The molecule has 0 saturated carbocycles. The second-order valence-electron chi connectivity index (χ2n) is 7.92. The number of methoxy groups -OCH3 is 1. The fourth-order valence-corrected chi connectivity index (χ4v) is 3.99. The van der Waals surface area contributed by atoms with E-state index in [0.717, 1.165) is 24.4 Å². The Morgan fingerprint density at radius 3 is 2.12 bits per heavy atom. The molecule has 170 valence electrons. The predicted molar refractivity (Wildman–Crippen MR) is 127 cm³/mol. The molecule has 1 aliphatic rings. The van der Waals surface area contributed by atoms with Crippen molar-refractivity contribution < 1.29 is 19.1 Å². The van der Waals surface area contributed by atoms with E-state index in [2.05, 4.69) is 10.2 Å². The Hall–Kier alpha value is -3.48.